The smallest absolute Gasteiger partial charge is 0.137 e. The lowest BCUT2D eigenvalue weighted by molar-refractivity contribution is 0.475. The molecule has 70 valence electrons. The molecule has 0 atom stereocenters. The van der Waals surface area contributed by atoms with Gasteiger partial charge in [-0.3, -0.25) is 0 Å². The van der Waals surface area contributed by atoms with Gasteiger partial charge in [0.15, 0.2) is 0 Å². The highest BCUT2D eigenvalue weighted by Gasteiger charge is 1.97. The van der Waals surface area contributed by atoms with Crippen LogP contribution in [0.2, 0.25) is 0 Å². The van der Waals surface area contributed by atoms with Gasteiger partial charge in [-0.05, 0) is 24.1 Å². The number of benzene rings is 1. The fourth-order valence-corrected chi connectivity index (χ4v) is 1.20. The molecule has 0 unspecified atom stereocenters. The van der Waals surface area contributed by atoms with Crippen molar-refractivity contribution in [3.05, 3.63) is 65.8 Å². The molecule has 0 bridgehead atoms. The monoisotopic (exact) mass is 193 g/mol. The molecule has 0 saturated heterocycles. The molecule has 1 aromatic carbocycles. The highest BCUT2D eigenvalue weighted by atomic mass is 16.3. The van der Waals surface area contributed by atoms with Crippen molar-refractivity contribution in [2.75, 3.05) is 0 Å². The minimum absolute atomic E-state index is 0.237. The lowest BCUT2D eigenvalue weighted by Crippen LogP contribution is -1.77. The molecule has 1 N–H and O–H groups in total. The third-order valence-corrected chi connectivity index (χ3v) is 1.90. The molecule has 15 heavy (non-hydrogen) atoms. The average molecular weight is 193 g/mol. The predicted molar refractivity (Wildman–Crippen MR) is 60.0 cm³/mol. The van der Waals surface area contributed by atoms with Crippen molar-refractivity contribution in [1.29, 1.82) is 0 Å². The Hall–Kier alpha value is -2.29. The zero-order valence-corrected chi connectivity index (χ0v) is 8.07. The predicted octanol–water partition coefficient (Wildman–Crippen LogP) is 2.60. The number of allylic oxidation sites excluding steroid dienone is 6. The Balaban J connectivity index is 2.22. The molecule has 0 radical (unpaired) electrons. The summed E-state index contributed by atoms with van der Waals surface area (Å²) in [5.74, 6) is 6.20. The number of phenolic OH excluding ortho intramolecular Hbond substituents is 1. The van der Waals surface area contributed by atoms with Crippen molar-refractivity contribution < 1.29 is 5.11 Å². The second-order valence-electron chi connectivity index (χ2n) is 3.09. The van der Waals surface area contributed by atoms with Gasteiger partial charge >= 0.3 is 0 Å². The molecule has 0 fully saturated rings. The molecule has 2 rings (SSSR count). The van der Waals surface area contributed by atoms with Crippen LogP contribution >= 0.6 is 0 Å². The van der Waals surface area contributed by atoms with Gasteiger partial charge in [-0.2, -0.15) is 0 Å². The van der Waals surface area contributed by atoms with Crippen LogP contribution in [0.25, 0.3) is 0 Å². The van der Waals surface area contributed by atoms with Gasteiger partial charge in [0.2, 0.25) is 0 Å². The lowest BCUT2D eigenvalue weighted by atomic mass is 10.1. The summed E-state index contributed by atoms with van der Waals surface area (Å²) in [7, 11) is 0. The molecule has 1 aliphatic carbocycles. The van der Waals surface area contributed by atoms with Crippen LogP contribution in [0, 0.1) is 17.9 Å². The maximum absolute atomic E-state index is 9.24. The molecule has 0 aliphatic heterocycles. The first kappa shape index (κ1) is 9.27. The second kappa shape index (κ2) is 4.28. The summed E-state index contributed by atoms with van der Waals surface area (Å²) in [6, 6.07) is 6.90. The SMILES string of the molecule is Oc1cccc(C#CC2=CC=C[C+]=C2)c1. The summed E-state index contributed by atoms with van der Waals surface area (Å²) >= 11 is 0. The van der Waals surface area contributed by atoms with Gasteiger partial charge in [0, 0.05) is 23.6 Å². The molecule has 1 aromatic rings. The first-order valence-electron chi connectivity index (χ1n) is 4.62. The third kappa shape index (κ3) is 2.57. The van der Waals surface area contributed by atoms with Crippen LogP contribution in [0.1, 0.15) is 5.56 Å². The summed E-state index contributed by atoms with van der Waals surface area (Å²) in [6.07, 6.45) is 10.4. The number of phenols is 1. The van der Waals surface area contributed by atoms with Crippen LogP contribution in [0.3, 0.4) is 0 Å². The largest absolute Gasteiger partial charge is 0.508 e. The minimum atomic E-state index is 0.237. The summed E-state index contributed by atoms with van der Waals surface area (Å²) in [4.78, 5) is 0. The van der Waals surface area contributed by atoms with E-state index >= 15 is 0 Å². The van der Waals surface area contributed by atoms with E-state index in [9.17, 15) is 5.11 Å². The summed E-state index contributed by atoms with van der Waals surface area (Å²) in [5.41, 5.74) is 1.72. The Labute approximate surface area is 89.1 Å². The molecule has 0 amide bonds. The molecule has 0 aromatic heterocycles. The number of hydrogen-bond donors (Lipinski definition) is 1. The van der Waals surface area contributed by atoms with E-state index in [2.05, 4.69) is 17.9 Å². The quantitative estimate of drug-likeness (QED) is 0.496. The van der Waals surface area contributed by atoms with Crippen molar-refractivity contribution in [3.63, 3.8) is 0 Å². The number of rotatable bonds is 0. The Morgan fingerprint density at radius 2 is 2.13 bits per heavy atom. The normalized spacial score (nSPS) is 12.4. The molecule has 0 spiro atoms. The first-order chi connectivity index (χ1) is 7.34. The Morgan fingerprint density at radius 1 is 1.20 bits per heavy atom. The number of hydrogen-bond acceptors (Lipinski definition) is 1. The average Bonchev–Trinajstić information content (AvgIpc) is 2.28. The van der Waals surface area contributed by atoms with E-state index in [1.54, 1.807) is 18.2 Å². The molecular weight excluding hydrogens is 184 g/mol. The van der Waals surface area contributed by atoms with Gasteiger partial charge < -0.3 is 5.11 Å². The van der Waals surface area contributed by atoms with E-state index in [1.807, 2.05) is 30.4 Å². The molecule has 1 nitrogen and oxygen atoms in total. The van der Waals surface area contributed by atoms with Gasteiger partial charge in [0.05, 0.1) is 6.08 Å². The first-order valence-corrected chi connectivity index (χ1v) is 4.62. The third-order valence-electron chi connectivity index (χ3n) is 1.90. The topological polar surface area (TPSA) is 20.2 Å². The Kier molecular flexibility index (Phi) is 2.65. The van der Waals surface area contributed by atoms with Gasteiger partial charge in [-0.25, -0.2) is 0 Å². The van der Waals surface area contributed by atoms with Crippen molar-refractivity contribution >= 4 is 0 Å². The Bertz CT molecular complexity index is 508. The van der Waals surface area contributed by atoms with E-state index < -0.39 is 0 Å². The summed E-state index contributed by atoms with van der Waals surface area (Å²) in [5, 5.41) is 9.24. The van der Waals surface area contributed by atoms with E-state index in [0.29, 0.717) is 0 Å². The van der Waals surface area contributed by atoms with Crippen molar-refractivity contribution in [1.82, 2.24) is 0 Å². The van der Waals surface area contributed by atoms with E-state index in [0.717, 1.165) is 11.1 Å². The van der Waals surface area contributed by atoms with Gasteiger partial charge in [-0.15, -0.1) is 0 Å². The zero-order chi connectivity index (χ0) is 10.5. The van der Waals surface area contributed by atoms with Crippen molar-refractivity contribution in [2.45, 2.75) is 0 Å². The second-order valence-corrected chi connectivity index (χ2v) is 3.09. The molecule has 1 heteroatoms. The fraction of sp³-hybridized carbons (Fsp3) is 0. The van der Waals surface area contributed by atoms with Crippen LogP contribution < -0.4 is 0 Å². The Morgan fingerprint density at radius 3 is 2.87 bits per heavy atom. The highest BCUT2D eigenvalue weighted by molar-refractivity contribution is 5.48. The van der Waals surface area contributed by atoms with Gasteiger partial charge in [0.1, 0.15) is 23.5 Å². The minimum Gasteiger partial charge on any atom is -0.508 e. The van der Waals surface area contributed by atoms with Gasteiger partial charge in [0.25, 0.3) is 0 Å². The van der Waals surface area contributed by atoms with Gasteiger partial charge in [-0.1, -0.05) is 6.07 Å². The van der Waals surface area contributed by atoms with Crippen LogP contribution in [-0.2, 0) is 0 Å². The van der Waals surface area contributed by atoms with Crippen molar-refractivity contribution in [2.24, 2.45) is 0 Å². The van der Waals surface area contributed by atoms with Crippen LogP contribution in [0.5, 0.6) is 5.75 Å². The molecule has 0 heterocycles. The van der Waals surface area contributed by atoms with Crippen molar-refractivity contribution in [3.8, 4) is 17.6 Å². The fourth-order valence-electron chi connectivity index (χ4n) is 1.20. The number of aromatic hydroxyl groups is 1. The van der Waals surface area contributed by atoms with E-state index in [-0.39, 0.29) is 5.75 Å². The van der Waals surface area contributed by atoms with E-state index in [1.165, 1.54) is 0 Å². The maximum Gasteiger partial charge on any atom is 0.137 e. The summed E-state index contributed by atoms with van der Waals surface area (Å²) in [6.45, 7) is 0. The van der Waals surface area contributed by atoms with Crippen LogP contribution in [0.4, 0.5) is 0 Å². The van der Waals surface area contributed by atoms with Crippen LogP contribution in [0.15, 0.2) is 54.1 Å². The molecule has 1 aliphatic rings. The zero-order valence-electron chi connectivity index (χ0n) is 8.07. The molecular formula is C14H9O+. The summed E-state index contributed by atoms with van der Waals surface area (Å²) < 4.78 is 0. The van der Waals surface area contributed by atoms with Crippen LogP contribution in [-0.4, -0.2) is 5.11 Å². The highest BCUT2D eigenvalue weighted by Crippen LogP contribution is 2.10. The maximum atomic E-state index is 9.24. The van der Waals surface area contributed by atoms with E-state index in [4.69, 9.17) is 0 Å². The molecule has 0 saturated carbocycles. The standard InChI is InChI=1S/C14H8O/c15-14-8-4-7-13(11-14)10-9-12-5-2-1-3-6-12/h1-2,4-8,11H/p+1. The lowest BCUT2D eigenvalue weighted by Gasteiger charge is -1.90.